The molecule has 0 aromatic heterocycles. The summed E-state index contributed by atoms with van der Waals surface area (Å²) < 4.78 is 0. The standard InChI is InChI=1S/C5H12O2.C4H6O4/c1-2-3-4-5-7-6;5-3(6)1-2-4(7)8/h6H,2-5H2,1H3;1-2H2,(H,5,6)(H,7,8). The summed E-state index contributed by atoms with van der Waals surface area (Å²) in [7, 11) is 0. The van der Waals surface area contributed by atoms with Gasteiger partial charge in [-0.2, -0.15) is 0 Å². The normalized spacial score (nSPS) is 8.93. The highest BCUT2D eigenvalue weighted by Crippen LogP contribution is 1.91. The Morgan fingerprint density at radius 3 is 1.80 bits per heavy atom. The molecule has 0 aliphatic rings. The summed E-state index contributed by atoms with van der Waals surface area (Å²) in [5, 5.41) is 23.6. The number of aliphatic carboxylic acids is 2. The topological polar surface area (TPSA) is 104 Å². The van der Waals surface area contributed by atoms with E-state index in [2.05, 4.69) is 11.8 Å². The van der Waals surface area contributed by atoms with Crippen molar-refractivity contribution in [1.82, 2.24) is 0 Å². The van der Waals surface area contributed by atoms with Gasteiger partial charge in [0.15, 0.2) is 0 Å². The summed E-state index contributed by atoms with van der Waals surface area (Å²) in [6.07, 6.45) is 2.68. The lowest BCUT2D eigenvalue weighted by Crippen LogP contribution is -2.00. The summed E-state index contributed by atoms with van der Waals surface area (Å²) in [6, 6.07) is 0. The molecule has 15 heavy (non-hydrogen) atoms. The second-order valence-corrected chi connectivity index (χ2v) is 2.83. The summed E-state index contributed by atoms with van der Waals surface area (Å²) in [5.41, 5.74) is 0. The maximum Gasteiger partial charge on any atom is 0.303 e. The molecule has 0 radical (unpaired) electrons. The molecule has 0 aromatic carbocycles. The van der Waals surface area contributed by atoms with E-state index in [1.807, 2.05) is 0 Å². The number of hydrogen-bond acceptors (Lipinski definition) is 4. The first-order chi connectivity index (χ1) is 7.04. The third-order valence-electron chi connectivity index (χ3n) is 1.39. The number of carboxylic acid groups (broad SMARTS) is 2. The minimum atomic E-state index is -1.08. The fourth-order valence-electron chi connectivity index (χ4n) is 0.630. The van der Waals surface area contributed by atoms with Crippen LogP contribution >= 0.6 is 0 Å². The van der Waals surface area contributed by atoms with Crippen LogP contribution in [-0.2, 0) is 14.5 Å². The number of carboxylic acids is 2. The lowest BCUT2D eigenvalue weighted by Gasteiger charge is -1.90. The largest absolute Gasteiger partial charge is 0.481 e. The Morgan fingerprint density at radius 2 is 1.53 bits per heavy atom. The van der Waals surface area contributed by atoms with E-state index in [0.29, 0.717) is 6.61 Å². The van der Waals surface area contributed by atoms with Gasteiger partial charge in [0.25, 0.3) is 0 Å². The molecule has 0 aliphatic heterocycles. The zero-order chi connectivity index (χ0) is 12.1. The molecule has 0 aromatic rings. The lowest BCUT2D eigenvalue weighted by atomic mass is 10.3. The summed E-state index contributed by atoms with van der Waals surface area (Å²) in [4.78, 5) is 23.1. The zero-order valence-corrected chi connectivity index (χ0v) is 8.81. The molecule has 0 aliphatic carbocycles. The first-order valence-electron chi connectivity index (χ1n) is 4.74. The van der Waals surface area contributed by atoms with Gasteiger partial charge in [-0.3, -0.25) is 14.8 Å². The average Bonchev–Trinajstić information content (AvgIpc) is 2.17. The fourth-order valence-corrected chi connectivity index (χ4v) is 0.630. The Kier molecular flexibility index (Phi) is 14.0. The molecule has 90 valence electrons. The maximum absolute atomic E-state index is 9.64. The second kappa shape index (κ2) is 12.9. The molecule has 6 nitrogen and oxygen atoms in total. The van der Waals surface area contributed by atoms with E-state index in [0.717, 1.165) is 12.8 Å². The Hall–Kier alpha value is -1.14. The number of hydrogen-bond donors (Lipinski definition) is 3. The monoisotopic (exact) mass is 222 g/mol. The molecule has 3 N–H and O–H groups in total. The van der Waals surface area contributed by atoms with Gasteiger partial charge in [-0.1, -0.05) is 19.8 Å². The molecule has 0 saturated heterocycles. The van der Waals surface area contributed by atoms with Crippen LogP contribution in [0, 0.1) is 0 Å². The smallest absolute Gasteiger partial charge is 0.303 e. The van der Waals surface area contributed by atoms with Crippen molar-refractivity contribution < 1.29 is 29.9 Å². The van der Waals surface area contributed by atoms with Crippen molar-refractivity contribution in [2.75, 3.05) is 6.61 Å². The van der Waals surface area contributed by atoms with Crippen molar-refractivity contribution in [1.29, 1.82) is 0 Å². The van der Waals surface area contributed by atoms with E-state index < -0.39 is 11.9 Å². The minimum Gasteiger partial charge on any atom is -0.481 e. The van der Waals surface area contributed by atoms with Crippen molar-refractivity contribution in [2.24, 2.45) is 0 Å². The third-order valence-corrected chi connectivity index (χ3v) is 1.39. The second-order valence-electron chi connectivity index (χ2n) is 2.83. The van der Waals surface area contributed by atoms with Crippen LogP contribution in [0.1, 0.15) is 39.0 Å². The number of rotatable bonds is 7. The van der Waals surface area contributed by atoms with Crippen molar-refractivity contribution in [3.8, 4) is 0 Å². The van der Waals surface area contributed by atoms with Crippen molar-refractivity contribution in [3.05, 3.63) is 0 Å². The molecule has 0 fully saturated rings. The van der Waals surface area contributed by atoms with Crippen LogP contribution in [-0.4, -0.2) is 34.0 Å². The van der Waals surface area contributed by atoms with Gasteiger partial charge in [0, 0.05) is 0 Å². The molecular weight excluding hydrogens is 204 g/mol. The minimum absolute atomic E-state index is 0.296. The van der Waals surface area contributed by atoms with Crippen LogP contribution in [0.15, 0.2) is 0 Å². The van der Waals surface area contributed by atoms with Crippen LogP contribution in [0.5, 0.6) is 0 Å². The number of carbonyl (C=O) groups is 2. The van der Waals surface area contributed by atoms with E-state index >= 15 is 0 Å². The first kappa shape index (κ1) is 16.3. The van der Waals surface area contributed by atoms with Crippen LogP contribution in [0.25, 0.3) is 0 Å². The van der Waals surface area contributed by atoms with Gasteiger partial charge in [0.2, 0.25) is 0 Å². The van der Waals surface area contributed by atoms with Crippen LogP contribution in [0.3, 0.4) is 0 Å². The Bertz CT molecular complexity index is 150. The molecular formula is C9H18O6. The van der Waals surface area contributed by atoms with Crippen LogP contribution < -0.4 is 0 Å². The molecule has 0 bridgehead atoms. The Labute approximate surface area is 88.4 Å². The van der Waals surface area contributed by atoms with Gasteiger partial charge >= 0.3 is 11.9 Å². The van der Waals surface area contributed by atoms with E-state index in [1.54, 1.807) is 0 Å². The van der Waals surface area contributed by atoms with Crippen LogP contribution in [0.4, 0.5) is 0 Å². The van der Waals surface area contributed by atoms with Gasteiger partial charge in [0.1, 0.15) is 0 Å². The highest BCUT2D eigenvalue weighted by atomic mass is 17.1. The van der Waals surface area contributed by atoms with Gasteiger partial charge < -0.3 is 10.2 Å². The molecule has 0 saturated carbocycles. The van der Waals surface area contributed by atoms with Crippen molar-refractivity contribution in [2.45, 2.75) is 39.0 Å². The predicted octanol–water partition coefficient (Wildman–Crippen LogP) is 1.60. The summed E-state index contributed by atoms with van der Waals surface area (Å²) >= 11 is 0. The van der Waals surface area contributed by atoms with E-state index in [9.17, 15) is 9.59 Å². The Morgan fingerprint density at radius 1 is 1.07 bits per heavy atom. The highest BCUT2D eigenvalue weighted by Gasteiger charge is 2.00. The molecule has 6 heteroatoms. The van der Waals surface area contributed by atoms with Crippen LogP contribution in [0.2, 0.25) is 0 Å². The van der Waals surface area contributed by atoms with Crippen molar-refractivity contribution >= 4 is 11.9 Å². The predicted molar refractivity (Wildman–Crippen MR) is 52.6 cm³/mol. The quantitative estimate of drug-likeness (QED) is 0.343. The van der Waals surface area contributed by atoms with Gasteiger partial charge in [-0.25, -0.2) is 4.89 Å². The SMILES string of the molecule is CCCCCOO.O=C(O)CCC(=O)O. The van der Waals surface area contributed by atoms with Crippen molar-refractivity contribution in [3.63, 3.8) is 0 Å². The molecule has 0 rings (SSSR count). The third kappa shape index (κ3) is 24.6. The zero-order valence-electron chi connectivity index (χ0n) is 8.81. The van der Waals surface area contributed by atoms with E-state index in [1.165, 1.54) is 6.42 Å². The Balaban J connectivity index is 0. The molecule has 0 amide bonds. The first-order valence-corrected chi connectivity index (χ1v) is 4.74. The highest BCUT2D eigenvalue weighted by molar-refractivity contribution is 5.75. The fraction of sp³-hybridized carbons (Fsp3) is 0.778. The van der Waals surface area contributed by atoms with Gasteiger partial charge in [-0.15, -0.1) is 0 Å². The lowest BCUT2D eigenvalue weighted by molar-refractivity contribution is -0.242. The molecule has 0 unspecified atom stereocenters. The molecule has 0 heterocycles. The van der Waals surface area contributed by atoms with Gasteiger partial charge in [-0.05, 0) is 6.42 Å². The van der Waals surface area contributed by atoms with E-state index in [-0.39, 0.29) is 12.8 Å². The maximum atomic E-state index is 9.64. The number of unbranched alkanes of at least 4 members (excludes halogenated alkanes) is 2. The molecule has 0 atom stereocenters. The summed E-state index contributed by atoms with van der Waals surface area (Å²) in [6.45, 7) is 2.59. The van der Waals surface area contributed by atoms with Gasteiger partial charge in [0.05, 0.1) is 19.4 Å². The summed E-state index contributed by atoms with van der Waals surface area (Å²) in [5.74, 6) is -2.15. The molecule has 0 spiro atoms. The average molecular weight is 222 g/mol. The van der Waals surface area contributed by atoms with E-state index in [4.69, 9.17) is 15.5 Å².